The zero-order chi connectivity index (χ0) is 16.5. The number of hydrogen-bond acceptors (Lipinski definition) is 6. The van der Waals surface area contributed by atoms with Crippen LogP contribution in [0.4, 0.5) is 0 Å². The van der Waals surface area contributed by atoms with Gasteiger partial charge in [0.15, 0.2) is 5.82 Å². The van der Waals surface area contributed by atoms with Gasteiger partial charge in [0, 0.05) is 37.8 Å². The molecule has 0 bridgehead atoms. The average Bonchev–Trinajstić information content (AvgIpc) is 3.17. The number of rotatable bonds is 4. The number of carbonyl (C=O) groups excluding carboxylic acids is 1. The Kier molecular flexibility index (Phi) is 3.68. The normalized spacial score (nSPS) is 17.0. The number of hydrogen-bond donors (Lipinski definition) is 1. The van der Waals surface area contributed by atoms with E-state index in [1.54, 1.807) is 23.0 Å². The Morgan fingerprint density at radius 3 is 3.17 bits per heavy atom. The molecule has 1 amide bonds. The molecule has 4 rings (SSSR count). The van der Waals surface area contributed by atoms with Gasteiger partial charge in [0.05, 0.1) is 6.42 Å². The standard InChI is InChI=1S/C15H18N8O/c1-2-12-19-20-13-5-4-10(9-22(12)13)17-14(24)8-11-18-15-16-6-3-7-23(15)21-11/h3,6-7,10H,2,4-5,8-9H2,1H3,(H,17,24)/t10-/m0/s1. The van der Waals surface area contributed by atoms with Crippen molar-refractivity contribution in [2.75, 3.05) is 0 Å². The van der Waals surface area contributed by atoms with Crippen LogP contribution in [0.2, 0.25) is 0 Å². The Balaban J connectivity index is 1.41. The first-order valence-corrected chi connectivity index (χ1v) is 8.09. The van der Waals surface area contributed by atoms with Crippen LogP contribution in [0, 0.1) is 0 Å². The number of amides is 1. The van der Waals surface area contributed by atoms with Crippen molar-refractivity contribution in [2.24, 2.45) is 0 Å². The van der Waals surface area contributed by atoms with Gasteiger partial charge >= 0.3 is 0 Å². The second kappa shape index (κ2) is 5.99. The molecular weight excluding hydrogens is 308 g/mol. The summed E-state index contributed by atoms with van der Waals surface area (Å²) in [4.78, 5) is 20.7. The lowest BCUT2D eigenvalue weighted by molar-refractivity contribution is -0.121. The van der Waals surface area contributed by atoms with Crippen LogP contribution in [0.1, 0.15) is 30.8 Å². The van der Waals surface area contributed by atoms with E-state index in [1.165, 1.54) is 0 Å². The fourth-order valence-electron chi connectivity index (χ4n) is 3.04. The third kappa shape index (κ3) is 2.72. The molecule has 0 fully saturated rings. The number of fused-ring (bicyclic) bond motifs is 2. The summed E-state index contributed by atoms with van der Waals surface area (Å²) in [6.45, 7) is 2.78. The maximum absolute atomic E-state index is 12.3. The first-order chi connectivity index (χ1) is 11.7. The molecule has 1 aliphatic heterocycles. The van der Waals surface area contributed by atoms with Gasteiger partial charge in [0.1, 0.15) is 11.6 Å². The third-order valence-corrected chi connectivity index (χ3v) is 4.18. The van der Waals surface area contributed by atoms with Gasteiger partial charge < -0.3 is 9.88 Å². The lowest BCUT2D eigenvalue weighted by Crippen LogP contribution is -2.42. The van der Waals surface area contributed by atoms with Crippen LogP contribution < -0.4 is 5.32 Å². The van der Waals surface area contributed by atoms with Gasteiger partial charge in [-0.2, -0.15) is 4.98 Å². The smallest absolute Gasteiger partial charge is 0.252 e. The second-order valence-corrected chi connectivity index (χ2v) is 5.87. The maximum Gasteiger partial charge on any atom is 0.252 e. The molecule has 0 saturated heterocycles. The molecule has 1 N–H and O–H groups in total. The molecule has 24 heavy (non-hydrogen) atoms. The van der Waals surface area contributed by atoms with Crippen LogP contribution in [0.3, 0.4) is 0 Å². The molecule has 0 spiro atoms. The van der Waals surface area contributed by atoms with Gasteiger partial charge in [-0.15, -0.1) is 15.3 Å². The number of nitrogens with one attached hydrogen (secondary N) is 1. The fourth-order valence-corrected chi connectivity index (χ4v) is 3.04. The van der Waals surface area contributed by atoms with Gasteiger partial charge in [0.25, 0.3) is 5.78 Å². The van der Waals surface area contributed by atoms with E-state index in [1.807, 2.05) is 0 Å². The van der Waals surface area contributed by atoms with Crippen LogP contribution in [-0.2, 0) is 30.6 Å². The van der Waals surface area contributed by atoms with E-state index in [4.69, 9.17) is 0 Å². The molecule has 9 nitrogen and oxygen atoms in total. The molecule has 0 unspecified atom stereocenters. The Morgan fingerprint density at radius 1 is 1.42 bits per heavy atom. The van der Waals surface area contributed by atoms with E-state index in [0.717, 1.165) is 37.5 Å². The minimum atomic E-state index is -0.0783. The van der Waals surface area contributed by atoms with Gasteiger partial charge in [-0.3, -0.25) is 4.79 Å². The predicted molar refractivity (Wildman–Crippen MR) is 84.1 cm³/mol. The molecule has 3 aromatic heterocycles. The molecule has 9 heteroatoms. The van der Waals surface area contributed by atoms with Gasteiger partial charge in [-0.05, 0) is 12.5 Å². The molecule has 1 atom stereocenters. The summed E-state index contributed by atoms with van der Waals surface area (Å²) < 4.78 is 3.68. The van der Waals surface area contributed by atoms with Crippen molar-refractivity contribution in [3.63, 3.8) is 0 Å². The summed E-state index contributed by atoms with van der Waals surface area (Å²) >= 11 is 0. The summed E-state index contributed by atoms with van der Waals surface area (Å²) in [6.07, 6.45) is 6.10. The van der Waals surface area contributed by atoms with Crippen LogP contribution in [-0.4, -0.2) is 46.3 Å². The lowest BCUT2D eigenvalue weighted by Gasteiger charge is -2.25. The largest absolute Gasteiger partial charge is 0.351 e. The molecule has 4 heterocycles. The van der Waals surface area contributed by atoms with Gasteiger partial charge in [0.2, 0.25) is 5.91 Å². The van der Waals surface area contributed by atoms with E-state index in [-0.39, 0.29) is 18.4 Å². The summed E-state index contributed by atoms with van der Waals surface area (Å²) in [5, 5.41) is 15.7. The average molecular weight is 326 g/mol. The molecule has 0 aliphatic carbocycles. The highest BCUT2D eigenvalue weighted by molar-refractivity contribution is 5.78. The molecule has 0 saturated carbocycles. The van der Waals surface area contributed by atoms with Crippen LogP contribution >= 0.6 is 0 Å². The summed E-state index contributed by atoms with van der Waals surface area (Å²) in [5.41, 5.74) is 0. The summed E-state index contributed by atoms with van der Waals surface area (Å²) in [5.74, 6) is 2.87. The van der Waals surface area contributed by atoms with E-state index in [0.29, 0.717) is 11.6 Å². The Morgan fingerprint density at radius 2 is 2.33 bits per heavy atom. The molecule has 1 aliphatic rings. The lowest BCUT2D eigenvalue weighted by atomic mass is 10.1. The Labute approximate surface area is 138 Å². The van der Waals surface area contributed by atoms with Crippen molar-refractivity contribution in [1.29, 1.82) is 0 Å². The maximum atomic E-state index is 12.3. The second-order valence-electron chi connectivity index (χ2n) is 5.87. The van der Waals surface area contributed by atoms with E-state index in [9.17, 15) is 4.79 Å². The van der Waals surface area contributed by atoms with E-state index >= 15 is 0 Å². The highest BCUT2D eigenvalue weighted by Gasteiger charge is 2.23. The fraction of sp³-hybridized carbons (Fsp3) is 0.467. The van der Waals surface area contributed by atoms with Crippen molar-refractivity contribution in [3.8, 4) is 0 Å². The van der Waals surface area contributed by atoms with Crippen molar-refractivity contribution < 1.29 is 4.79 Å². The minimum Gasteiger partial charge on any atom is -0.351 e. The third-order valence-electron chi connectivity index (χ3n) is 4.18. The summed E-state index contributed by atoms with van der Waals surface area (Å²) in [6, 6.07) is 1.86. The highest BCUT2D eigenvalue weighted by Crippen LogP contribution is 2.15. The van der Waals surface area contributed by atoms with Crippen LogP contribution in [0.25, 0.3) is 5.78 Å². The van der Waals surface area contributed by atoms with E-state index in [2.05, 4.69) is 42.1 Å². The van der Waals surface area contributed by atoms with Crippen molar-refractivity contribution >= 4 is 11.7 Å². The van der Waals surface area contributed by atoms with Crippen LogP contribution in [0.15, 0.2) is 18.5 Å². The molecule has 0 aromatic carbocycles. The number of aromatic nitrogens is 7. The quantitative estimate of drug-likeness (QED) is 0.721. The summed E-state index contributed by atoms with van der Waals surface area (Å²) in [7, 11) is 0. The zero-order valence-electron chi connectivity index (χ0n) is 13.4. The number of nitrogens with zero attached hydrogens (tertiary/aromatic N) is 7. The number of carbonyl (C=O) groups is 1. The Bertz CT molecular complexity index is 836. The molecule has 124 valence electrons. The Hall–Kier alpha value is -2.84. The molecule has 3 aromatic rings. The van der Waals surface area contributed by atoms with Crippen molar-refractivity contribution in [2.45, 2.75) is 45.2 Å². The number of aryl methyl sites for hydroxylation is 2. The van der Waals surface area contributed by atoms with Crippen LogP contribution in [0.5, 0.6) is 0 Å². The SMILES string of the molecule is CCc1nnc2n1C[C@@H](NC(=O)Cc1nc3ncccn3n1)CC2. The topological polar surface area (TPSA) is 103 Å². The predicted octanol–water partition coefficient (Wildman–Crippen LogP) is -0.0481. The minimum absolute atomic E-state index is 0.0783. The molecule has 0 radical (unpaired) electrons. The van der Waals surface area contributed by atoms with E-state index < -0.39 is 0 Å². The zero-order valence-corrected chi connectivity index (χ0v) is 13.4. The first-order valence-electron chi connectivity index (χ1n) is 8.09. The van der Waals surface area contributed by atoms with Crippen molar-refractivity contribution in [3.05, 3.63) is 35.9 Å². The first kappa shape index (κ1) is 14.7. The van der Waals surface area contributed by atoms with Gasteiger partial charge in [-0.1, -0.05) is 6.92 Å². The molecular formula is C15H18N8O. The van der Waals surface area contributed by atoms with Crippen molar-refractivity contribution in [1.82, 2.24) is 39.7 Å². The van der Waals surface area contributed by atoms with Gasteiger partial charge in [-0.25, -0.2) is 9.50 Å². The highest BCUT2D eigenvalue weighted by atomic mass is 16.1. The monoisotopic (exact) mass is 326 g/mol.